The van der Waals surface area contributed by atoms with Gasteiger partial charge in [-0.2, -0.15) is 0 Å². The lowest BCUT2D eigenvalue weighted by atomic mass is 10.1. The molecule has 0 fully saturated rings. The van der Waals surface area contributed by atoms with Crippen molar-refractivity contribution in [1.29, 1.82) is 0 Å². The molecule has 3 rings (SSSR count). The number of aliphatic hydroxyl groups is 1. The topological polar surface area (TPSA) is 161 Å². The molecule has 0 aliphatic carbocycles. The molecule has 12 heteroatoms. The minimum atomic E-state index is -4.22. The number of hydrogen-bond acceptors (Lipinski definition) is 9. The van der Waals surface area contributed by atoms with Gasteiger partial charge < -0.3 is 20.5 Å². The maximum atomic E-state index is 12.1. The number of hydrogen-bond donors (Lipinski definition) is 4. The number of benzene rings is 1. The van der Waals surface area contributed by atoms with Crippen molar-refractivity contribution >= 4 is 33.0 Å². The minimum absolute atomic E-state index is 0.139. The van der Waals surface area contributed by atoms with E-state index in [2.05, 4.69) is 15.6 Å². The summed E-state index contributed by atoms with van der Waals surface area (Å²) in [6, 6.07) is 8.07. The lowest BCUT2D eigenvalue weighted by Gasteiger charge is -2.21. The maximum Gasteiger partial charge on any atom is 0.253 e. The Morgan fingerprint density at radius 2 is 1.91 bits per heavy atom. The van der Waals surface area contributed by atoms with E-state index in [9.17, 15) is 18.0 Å². The zero-order valence-corrected chi connectivity index (χ0v) is 19.2. The van der Waals surface area contributed by atoms with Crippen LogP contribution in [0, 0.1) is 0 Å². The zero-order valence-electron chi connectivity index (χ0n) is 17.7. The zero-order chi connectivity index (χ0) is 24.2. The molecule has 0 radical (unpaired) electrons. The highest BCUT2D eigenvalue weighted by Crippen LogP contribution is 2.34. The summed E-state index contributed by atoms with van der Waals surface area (Å²) < 4.78 is 28.9. The second kappa shape index (κ2) is 10.3. The number of aliphatic hydroxyl groups excluding tert-OH is 1. The lowest BCUT2D eigenvalue weighted by Crippen LogP contribution is -2.38. The van der Waals surface area contributed by atoms with Gasteiger partial charge in [-0.05, 0) is 36.6 Å². The third-order valence-electron chi connectivity index (χ3n) is 5.02. The van der Waals surface area contributed by atoms with E-state index in [-0.39, 0.29) is 41.2 Å². The van der Waals surface area contributed by atoms with Gasteiger partial charge in [0.2, 0.25) is 10.0 Å². The van der Waals surface area contributed by atoms with E-state index in [1.165, 1.54) is 12.1 Å². The Bertz CT molecular complexity index is 1310. The highest BCUT2D eigenvalue weighted by atomic mass is 35.5. The van der Waals surface area contributed by atoms with E-state index in [1.54, 1.807) is 12.3 Å². The van der Waals surface area contributed by atoms with Crippen molar-refractivity contribution in [2.45, 2.75) is 30.7 Å². The molecule has 2 aromatic carbocycles. The summed E-state index contributed by atoms with van der Waals surface area (Å²) in [7, 11) is -4.22. The molecule has 0 amide bonds. The highest BCUT2D eigenvalue weighted by molar-refractivity contribution is 7.89. The fourth-order valence-electron chi connectivity index (χ4n) is 3.43. The molecule has 10 nitrogen and oxygen atoms in total. The van der Waals surface area contributed by atoms with Gasteiger partial charge in [-0.1, -0.05) is 30.7 Å². The number of ether oxygens (including phenoxy) is 1. The molecule has 33 heavy (non-hydrogen) atoms. The number of primary sulfonamides is 1. The molecule has 1 aromatic heterocycles. The Morgan fingerprint density at radius 3 is 2.52 bits per heavy atom. The van der Waals surface area contributed by atoms with Gasteiger partial charge >= 0.3 is 0 Å². The maximum absolute atomic E-state index is 12.1. The number of nitrogens with zero attached hydrogens (tertiary/aromatic N) is 1. The van der Waals surface area contributed by atoms with Gasteiger partial charge in [-0.25, -0.2) is 13.6 Å². The first-order valence-corrected chi connectivity index (χ1v) is 11.9. The molecule has 1 heterocycles. The Labute approximate surface area is 195 Å². The van der Waals surface area contributed by atoms with Crippen LogP contribution in [0.5, 0.6) is 5.75 Å². The van der Waals surface area contributed by atoms with Crippen LogP contribution in [0.2, 0.25) is 5.02 Å². The molecule has 1 atom stereocenters. The predicted octanol–water partition coefficient (Wildman–Crippen LogP) is 1.52. The van der Waals surface area contributed by atoms with Crippen molar-refractivity contribution in [1.82, 2.24) is 4.98 Å². The Balaban J connectivity index is 1.78. The van der Waals surface area contributed by atoms with E-state index < -0.39 is 32.6 Å². The number of nitrogens with two attached hydrogens (primary N) is 1. The molecule has 0 bridgehead atoms. The first-order valence-electron chi connectivity index (χ1n) is 10.0. The fraction of sp³-hybridized carbons (Fsp3) is 0.286. The number of halogens is 1. The average Bonchev–Trinajstić information content (AvgIpc) is 2.79. The Morgan fingerprint density at radius 1 is 1.18 bits per heavy atom. The first-order chi connectivity index (χ1) is 15.7. The van der Waals surface area contributed by atoms with Crippen molar-refractivity contribution in [3.63, 3.8) is 0 Å². The Hall–Kier alpha value is -2.99. The summed E-state index contributed by atoms with van der Waals surface area (Å²) in [4.78, 5) is 28.1. The van der Waals surface area contributed by atoms with Crippen molar-refractivity contribution in [3.05, 3.63) is 73.3 Å². The highest BCUT2D eigenvalue weighted by Gasteiger charge is 2.25. The van der Waals surface area contributed by atoms with Gasteiger partial charge in [-0.15, -0.1) is 0 Å². The molecular weight excluding hydrogens is 472 g/mol. The monoisotopic (exact) mass is 494 g/mol. The smallest absolute Gasteiger partial charge is 0.253 e. The molecule has 1 unspecified atom stereocenters. The van der Waals surface area contributed by atoms with Gasteiger partial charge in [0.15, 0.2) is 6.79 Å². The van der Waals surface area contributed by atoms with Crippen LogP contribution in [0.25, 0.3) is 0 Å². The second-order valence-corrected chi connectivity index (χ2v) is 9.03. The van der Waals surface area contributed by atoms with Crippen LogP contribution in [-0.4, -0.2) is 31.8 Å². The summed E-state index contributed by atoms with van der Waals surface area (Å²) in [5.74, 6) is -0.168. The van der Waals surface area contributed by atoms with E-state index in [0.717, 1.165) is 5.69 Å². The van der Waals surface area contributed by atoms with Gasteiger partial charge in [0.25, 0.3) is 10.9 Å². The third kappa shape index (κ3) is 5.33. The molecule has 0 aliphatic rings. The molecule has 5 N–H and O–H groups in total. The van der Waals surface area contributed by atoms with Crippen LogP contribution < -0.4 is 31.4 Å². The van der Waals surface area contributed by atoms with Crippen LogP contribution in [0.1, 0.15) is 30.6 Å². The number of nitrogens with one attached hydrogen (secondary N) is 2. The predicted molar refractivity (Wildman–Crippen MR) is 125 cm³/mol. The quantitative estimate of drug-likeness (QED) is 0.229. The molecule has 3 aromatic rings. The van der Waals surface area contributed by atoms with Crippen molar-refractivity contribution in [2.24, 2.45) is 5.14 Å². The summed E-state index contributed by atoms with van der Waals surface area (Å²) >= 11 is 5.97. The van der Waals surface area contributed by atoms with Crippen LogP contribution in [0.4, 0.5) is 11.4 Å². The summed E-state index contributed by atoms with van der Waals surface area (Å²) in [5.41, 5.74) is 0.158. The fourth-order valence-corrected chi connectivity index (χ4v) is 4.69. The van der Waals surface area contributed by atoms with E-state index in [0.29, 0.717) is 12.0 Å². The SMILES string of the molecule is CCC(Nc1c(NCCc2ccc(Cl)c(S(N)(=O)=O)c2OCO)c(=O)c1=O)c1ccccn1. The summed E-state index contributed by atoms with van der Waals surface area (Å²) in [6.45, 7) is 1.30. The number of sulfonamides is 1. The number of pyridine rings is 1. The first kappa shape index (κ1) is 24.6. The second-order valence-electron chi connectivity index (χ2n) is 7.13. The van der Waals surface area contributed by atoms with Gasteiger partial charge in [0.05, 0.1) is 16.8 Å². The van der Waals surface area contributed by atoms with Crippen LogP contribution in [0.3, 0.4) is 0 Å². The third-order valence-corrected chi connectivity index (χ3v) is 6.42. The Kier molecular flexibility index (Phi) is 7.69. The van der Waals surface area contributed by atoms with Crippen molar-refractivity contribution < 1.29 is 18.3 Å². The van der Waals surface area contributed by atoms with Crippen LogP contribution in [-0.2, 0) is 16.4 Å². The lowest BCUT2D eigenvalue weighted by molar-refractivity contribution is 0.0947. The molecule has 0 spiro atoms. The van der Waals surface area contributed by atoms with Crippen LogP contribution >= 0.6 is 11.6 Å². The molecule has 0 saturated heterocycles. The normalized spacial score (nSPS) is 12.5. The van der Waals surface area contributed by atoms with Gasteiger partial charge in [-0.3, -0.25) is 14.6 Å². The molecule has 176 valence electrons. The largest absolute Gasteiger partial charge is 0.466 e. The summed E-state index contributed by atoms with van der Waals surface area (Å²) in [5, 5.41) is 20.2. The number of anilines is 2. The van der Waals surface area contributed by atoms with E-state index >= 15 is 0 Å². The summed E-state index contributed by atoms with van der Waals surface area (Å²) in [6.07, 6.45) is 2.47. The standard InChI is InChI=1S/C21H23ClN4O6S/c1-2-14(15-5-3-4-9-24-15)26-17-16(18(28)19(17)29)25-10-8-12-6-7-13(22)21(33(23,30)31)20(12)32-11-27/h3-7,9,14,25-27H,2,8,10-11H2,1H3,(H2,23,30,31). The van der Waals surface area contributed by atoms with E-state index in [4.69, 9.17) is 26.6 Å². The molecular formula is C21H23ClN4O6S. The molecule has 0 aliphatic heterocycles. The average molecular weight is 495 g/mol. The van der Waals surface area contributed by atoms with Crippen LogP contribution in [0.15, 0.2) is 51.0 Å². The molecule has 0 saturated carbocycles. The number of aromatic nitrogens is 1. The minimum Gasteiger partial charge on any atom is -0.466 e. The van der Waals surface area contributed by atoms with E-state index in [1.807, 2.05) is 19.1 Å². The van der Waals surface area contributed by atoms with Crippen molar-refractivity contribution in [3.8, 4) is 5.75 Å². The van der Waals surface area contributed by atoms with Gasteiger partial charge in [0.1, 0.15) is 22.0 Å². The van der Waals surface area contributed by atoms with Crippen molar-refractivity contribution in [2.75, 3.05) is 24.0 Å². The van der Waals surface area contributed by atoms with Gasteiger partial charge in [0, 0.05) is 12.7 Å². The number of rotatable bonds is 11.